The van der Waals surface area contributed by atoms with Crippen molar-refractivity contribution in [3.63, 3.8) is 0 Å². The summed E-state index contributed by atoms with van der Waals surface area (Å²) in [6.45, 7) is 6.44. The summed E-state index contributed by atoms with van der Waals surface area (Å²) >= 11 is 0. The SMILES string of the molecule is Cc1ccccc1CN1C(=O)C2C(=Nc3n(C4CCCC4)c(C)c(C)[n+]32)N(C)C1=O. The fraction of sp³-hybridized carbons (Fsp3) is 0.478. The zero-order chi connectivity index (χ0) is 21.2. The molecule has 1 unspecified atom stereocenters. The summed E-state index contributed by atoms with van der Waals surface area (Å²) in [6, 6.07) is 7.41. The van der Waals surface area contributed by atoms with E-state index < -0.39 is 6.04 Å². The maximum Gasteiger partial charge on any atom is 0.402 e. The van der Waals surface area contributed by atoms with Gasteiger partial charge in [-0.3, -0.25) is 14.6 Å². The third kappa shape index (κ3) is 2.57. The first-order valence-electron chi connectivity index (χ1n) is 10.7. The molecule has 2 aliphatic heterocycles. The van der Waals surface area contributed by atoms with Gasteiger partial charge in [0.1, 0.15) is 11.4 Å². The highest BCUT2D eigenvalue weighted by Gasteiger charge is 2.54. The molecule has 5 rings (SSSR count). The molecule has 1 aromatic carbocycles. The molecule has 2 fully saturated rings. The number of hydrogen-bond donors (Lipinski definition) is 0. The Kier molecular flexibility index (Phi) is 4.31. The van der Waals surface area contributed by atoms with E-state index in [-0.39, 0.29) is 18.5 Å². The Balaban J connectivity index is 1.58. The van der Waals surface area contributed by atoms with Crippen molar-refractivity contribution in [1.82, 2.24) is 14.4 Å². The summed E-state index contributed by atoms with van der Waals surface area (Å²) < 4.78 is 4.34. The lowest BCUT2D eigenvalue weighted by molar-refractivity contribution is -0.683. The first-order chi connectivity index (χ1) is 14.4. The van der Waals surface area contributed by atoms with Gasteiger partial charge in [0.15, 0.2) is 0 Å². The standard InChI is InChI=1S/C23H28N5O2/c1-14-9-5-6-10-17(14)13-26-21(29)19-20(25(4)23(26)30)24-22-27(18-11-7-8-12-18)15(2)16(3)28(19)22/h5-6,9-10,18-19H,7-8,11-13H2,1-4H3/q+1. The van der Waals surface area contributed by atoms with Crippen LogP contribution < -0.4 is 4.57 Å². The highest BCUT2D eigenvalue weighted by molar-refractivity contribution is 6.19. The first kappa shape index (κ1) is 19.0. The Morgan fingerprint density at radius 2 is 1.80 bits per heavy atom. The van der Waals surface area contributed by atoms with Crippen LogP contribution in [0.1, 0.15) is 60.3 Å². The molecular weight excluding hydrogens is 378 g/mol. The number of likely N-dealkylation sites (N-methyl/N-ethyl adjacent to an activating group) is 1. The predicted molar refractivity (Wildman–Crippen MR) is 113 cm³/mol. The average Bonchev–Trinajstić information content (AvgIpc) is 3.43. The maximum atomic E-state index is 13.6. The van der Waals surface area contributed by atoms with Crippen LogP contribution in [0.25, 0.3) is 0 Å². The normalized spacial score (nSPS) is 21.3. The number of hydrogen-bond acceptors (Lipinski definition) is 3. The van der Waals surface area contributed by atoms with Gasteiger partial charge in [-0.2, -0.15) is 0 Å². The number of aryl methyl sites for hydroxylation is 1. The van der Waals surface area contributed by atoms with Crippen molar-refractivity contribution in [1.29, 1.82) is 0 Å². The van der Waals surface area contributed by atoms with E-state index in [1.165, 1.54) is 17.7 Å². The smallest absolute Gasteiger partial charge is 0.270 e. The second-order valence-corrected chi connectivity index (χ2v) is 8.71. The molecule has 1 aliphatic carbocycles. The zero-order valence-corrected chi connectivity index (χ0v) is 18.1. The molecule has 7 nitrogen and oxygen atoms in total. The van der Waals surface area contributed by atoms with Crippen LogP contribution in [0.15, 0.2) is 29.3 Å². The molecular formula is C23H28N5O2+. The molecule has 1 saturated heterocycles. The van der Waals surface area contributed by atoms with E-state index in [4.69, 9.17) is 4.99 Å². The number of benzene rings is 1. The molecule has 7 heteroatoms. The van der Waals surface area contributed by atoms with E-state index in [0.29, 0.717) is 11.9 Å². The third-order valence-electron chi connectivity index (χ3n) is 7.04. The van der Waals surface area contributed by atoms with Crippen molar-refractivity contribution in [2.75, 3.05) is 7.05 Å². The van der Waals surface area contributed by atoms with Crippen molar-refractivity contribution in [3.05, 3.63) is 46.8 Å². The number of amidine groups is 1. The Bertz CT molecular complexity index is 1090. The van der Waals surface area contributed by atoms with Gasteiger partial charge >= 0.3 is 12.0 Å². The van der Waals surface area contributed by atoms with Gasteiger partial charge in [-0.25, -0.2) is 13.9 Å². The second-order valence-electron chi connectivity index (χ2n) is 8.71. The number of carbonyl (C=O) groups excluding carboxylic acids is 2. The summed E-state index contributed by atoms with van der Waals surface area (Å²) in [5, 5.41) is 0. The molecule has 156 valence electrons. The van der Waals surface area contributed by atoms with Crippen LogP contribution in [0.4, 0.5) is 10.7 Å². The number of carbonyl (C=O) groups is 2. The molecule has 0 radical (unpaired) electrons. The fourth-order valence-corrected chi connectivity index (χ4v) is 5.16. The lowest BCUT2D eigenvalue weighted by Crippen LogP contribution is -2.63. The monoisotopic (exact) mass is 406 g/mol. The van der Waals surface area contributed by atoms with Crippen LogP contribution in [-0.2, 0) is 11.3 Å². The van der Waals surface area contributed by atoms with Crippen molar-refractivity contribution < 1.29 is 14.2 Å². The van der Waals surface area contributed by atoms with Crippen molar-refractivity contribution >= 4 is 23.7 Å². The predicted octanol–water partition coefficient (Wildman–Crippen LogP) is 3.49. The molecule has 3 amide bonds. The fourth-order valence-electron chi connectivity index (χ4n) is 5.16. The molecule has 1 aromatic heterocycles. The van der Waals surface area contributed by atoms with Crippen molar-refractivity contribution in [3.8, 4) is 0 Å². The lowest BCUT2D eigenvalue weighted by Gasteiger charge is -2.33. The number of amides is 3. The Morgan fingerprint density at radius 3 is 2.50 bits per heavy atom. The largest absolute Gasteiger partial charge is 0.402 e. The minimum Gasteiger partial charge on any atom is -0.270 e. The van der Waals surface area contributed by atoms with E-state index in [9.17, 15) is 9.59 Å². The Labute approximate surface area is 176 Å². The molecule has 3 aliphatic rings. The summed E-state index contributed by atoms with van der Waals surface area (Å²) in [5.74, 6) is 1.15. The number of imidazole rings is 1. The number of imide groups is 1. The van der Waals surface area contributed by atoms with Gasteiger partial charge in [0, 0.05) is 7.05 Å². The van der Waals surface area contributed by atoms with Crippen LogP contribution in [0, 0.1) is 20.8 Å². The summed E-state index contributed by atoms with van der Waals surface area (Å²) in [5.41, 5.74) is 4.26. The quantitative estimate of drug-likeness (QED) is 0.733. The zero-order valence-electron chi connectivity index (χ0n) is 18.1. The summed E-state index contributed by atoms with van der Waals surface area (Å²) in [7, 11) is 1.72. The molecule has 0 bridgehead atoms. The van der Waals surface area contributed by atoms with E-state index >= 15 is 0 Å². The molecule has 1 saturated carbocycles. The van der Waals surface area contributed by atoms with Gasteiger partial charge in [-0.05, 0) is 57.6 Å². The molecule has 2 aromatic rings. The number of nitrogens with zero attached hydrogens (tertiary/aromatic N) is 5. The molecule has 30 heavy (non-hydrogen) atoms. The van der Waals surface area contributed by atoms with Gasteiger partial charge in [0.25, 0.3) is 5.91 Å². The molecule has 0 spiro atoms. The van der Waals surface area contributed by atoms with Crippen molar-refractivity contribution in [2.24, 2.45) is 4.99 Å². The van der Waals surface area contributed by atoms with E-state index in [2.05, 4.69) is 18.4 Å². The van der Waals surface area contributed by atoms with Crippen LogP contribution in [-0.4, -0.2) is 39.2 Å². The highest BCUT2D eigenvalue weighted by Crippen LogP contribution is 2.38. The molecule has 1 atom stereocenters. The first-order valence-corrected chi connectivity index (χ1v) is 10.7. The van der Waals surface area contributed by atoms with Gasteiger partial charge in [-0.15, -0.1) is 0 Å². The number of aliphatic imine (C=N–C) groups is 1. The third-order valence-corrected chi connectivity index (χ3v) is 7.04. The topological polar surface area (TPSA) is 61.8 Å². The van der Waals surface area contributed by atoms with E-state index in [1.807, 2.05) is 35.8 Å². The van der Waals surface area contributed by atoms with Gasteiger partial charge < -0.3 is 0 Å². The Hall–Kier alpha value is -2.96. The van der Waals surface area contributed by atoms with Crippen LogP contribution in [0.3, 0.4) is 0 Å². The van der Waals surface area contributed by atoms with E-state index in [0.717, 1.165) is 41.3 Å². The highest BCUT2D eigenvalue weighted by atomic mass is 16.2. The molecule has 3 heterocycles. The van der Waals surface area contributed by atoms with Crippen LogP contribution in [0.5, 0.6) is 0 Å². The number of urea groups is 1. The van der Waals surface area contributed by atoms with Crippen LogP contribution in [0.2, 0.25) is 0 Å². The lowest BCUT2D eigenvalue weighted by atomic mass is 10.1. The van der Waals surface area contributed by atoms with Gasteiger partial charge in [0.2, 0.25) is 11.9 Å². The number of fused-ring (bicyclic) bond motifs is 3. The van der Waals surface area contributed by atoms with E-state index in [1.54, 1.807) is 11.9 Å². The minimum atomic E-state index is -0.576. The van der Waals surface area contributed by atoms with Crippen LogP contribution >= 0.6 is 0 Å². The van der Waals surface area contributed by atoms with Crippen molar-refractivity contribution in [2.45, 2.75) is 65.1 Å². The number of rotatable bonds is 3. The molecule has 0 N–H and O–H groups in total. The van der Waals surface area contributed by atoms with Gasteiger partial charge in [0.05, 0.1) is 12.6 Å². The summed E-state index contributed by atoms with van der Waals surface area (Å²) in [6.07, 6.45) is 4.73. The van der Waals surface area contributed by atoms with Gasteiger partial charge in [-0.1, -0.05) is 29.3 Å². The average molecular weight is 407 g/mol. The second kappa shape index (κ2) is 6.79. The minimum absolute atomic E-state index is 0.199. The number of aromatic nitrogens is 2. The Morgan fingerprint density at radius 1 is 1.10 bits per heavy atom. The maximum absolute atomic E-state index is 13.6. The summed E-state index contributed by atoms with van der Waals surface area (Å²) in [4.78, 5) is 34.5.